The lowest BCUT2D eigenvalue weighted by Crippen LogP contribution is -2.07. The first kappa shape index (κ1) is 13.2. The van der Waals surface area contributed by atoms with Gasteiger partial charge in [0.1, 0.15) is 5.82 Å². The molecule has 0 fully saturated rings. The molecule has 0 aliphatic heterocycles. The van der Waals surface area contributed by atoms with Gasteiger partial charge in [0.15, 0.2) is 0 Å². The normalized spacial score (nSPS) is 10.9. The molecule has 0 aliphatic rings. The molecule has 1 aromatic heterocycles. The van der Waals surface area contributed by atoms with Crippen LogP contribution in [0.5, 0.6) is 0 Å². The van der Waals surface area contributed by atoms with Crippen LogP contribution in [0.1, 0.15) is 13.8 Å². The van der Waals surface area contributed by atoms with E-state index in [0.717, 1.165) is 23.6 Å². The van der Waals surface area contributed by atoms with Crippen LogP contribution >= 0.6 is 23.2 Å². The van der Waals surface area contributed by atoms with Crippen molar-refractivity contribution in [3.63, 3.8) is 0 Å². The number of halogens is 2. The van der Waals surface area contributed by atoms with Gasteiger partial charge in [-0.25, -0.2) is 0 Å². The van der Waals surface area contributed by atoms with Crippen molar-refractivity contribution < 1.29 is 0 Å². The van der Waals surface area contributed by atoms with Crippen molar-refractivity contribution in [1.29, 1.82) is 0 Å². The number of nitrogens with zero attached hydrogens (tertiary/aromatic N) is 1. The molecule has 0 amide bonds. The number of aromatic amines is 1. The average Bonchev–Trinajstić information content (AvgIpc) is 2.78. The summed E-state index contributed by atoms with van der Waals surface area (Å²) in [6.45, 7) is 5.18. The predicted octanol–water partition coefficient (Wildman–Crippen LogP) is 4.45. The van der Waals surface area contributed by atoms with Gasteiger partial charge in [-0.1, -0.05) is 49.2 Å². The second-order valence-electron chi connectivity index (χ2n) is 4.54. The van der Waals surface area contributed by atoms with Gasteiger partial charge in [-0.05, 0) is 12.0 Å². The molecule has 0 spiro atoms. The zero-order chi connectivity index (χ0) is 13.1. The summed E-state index contributed by atoms with van der Waals surface area (Å²) in [5, 5.41) is 11.5. The summed E-state index contributed by atoms with van der Waals surface area (Å²) in [4.78, 5) is 0. The molecule has 0 saturated heterocycles. The van der Waals surface area contributed by atoms with E-state index in [-0.39, 0.29) is 0 Å². The highest BCUT2D eigenvalue weighted by molar-refractivity contribution is 6.43. The van der Waals surface area contributed by atoms with E-state index in [4.69, 9.17) is 23.2 Å². The van der Waals surface area contributed by atoms with Crippen LogP contribution in [0.4, 0.5) is 5.82 Å². The number of nitrogens with one attached hydrogen (secondary N) is 2. The van der Waals surface area contributed by atoms with E-state index in [9.17, 15) is 0 Å². The second kappa shape index (κ2) is 5.63. The van der Waals surface area contributed by atoms with Crippen molar-refractivity contribution in [3.05, 3.63) is 34.3 Å². The number of H-pyrrole nitrogens is 1. The van der Waals surface area contributed by atoms with Crippen LogP contribution in [0, 0.1) is 5.92 Å². The summed E-state index contributed by atoms with van der Waals surface area (Å²) in [5.74, 6) is 1.38. The maximum absolute atomic E-state index is 6.16. The van der Waals surface area contributed by atoms with E-state index in [1.165, 1.54) is 0 Å². The Morgan fingerprint density at radius 3 is 2.83 bits per heavy atom. The van der Waals surface area contributed by atoms with Crippen molar-refractivity contribution in [2.45, 2.75) is 13.8 Å². The standard InChI is InChI=1S/C13H15Cl2N3/c1-8(2)7-16-12-6-11(17-18-12)9-4-3-5-10(14)13(9)15/h3-6,8H,7H2,1-2H3,(H2,16,17,18). The Balaban J connectivity index is 2.21. The lowest BCUT2D eigenvalue weighted by molar-refractivity contribution is 0.687. The number of rotatable bonds is 4. The Morgan fingerprint density at radius 2 is 2.11 bits per heavy atom. The SMILES string of the molecule is CC(C)CNc1cc(-c2cccc(Cl)c2Cl)[nH]n1. The fraction of sp³-hybridized carbons (Fsp3) is 0.308. The number of anilines is 1. The van der Waals surface area contributed by atoms with Gasteiger partial charge in [0.25, 0.3) is 0 Å². The monoisotopic (exact) mass is 283 g/mol. The molecule has 3 nitrogen and oxygen atoms in total. The molecule has 2 rings (SSSR count). The van der Waals surface area contributed by atoms with Crippen LogP contribution in [0.15, 0.2) is 24.3 Å². The molecule has 18 heavy (non-hydrogen) atoms. The van der Waals surface area contributed by atoms with E-state index in [1.54, 1.807) is 6.07 Å². The summed E-state index contributed by atoms with van der Waals surface area (Å²) in [6, 6.07) is 7.47. The first-order valence-electron chi connectivity index (χ1n) is 5.81. The Bertz CT molecular complexity index is 535. The Labute approximate surface area is 117 Å². The highest BCUT2D eigenvalue weighted by Gasteiger charge is 2.09. The minimum Gasteiger partial charge on any atom is -0.368 e. The van der Waals surface area contributed by atoms with Gasteiger partial charge in [-0.2, -0.15) is 5.10 Å². The fourth-order valence-electron chi connectivity index (χ4n) is 1.57. The van der Waals surface area contributed by atoms with Gasteiger partial charge < -0.3 is 5.32 Å². The van der Waals surface area contributed by atoms with E-state index < -0.39 is 0 Å². The van der Waals surface area contributed by atoms with Crippen LogP contribution in [0.25, 0.3) is 11.3 Å². The molecule has 5 heteroatoms. The molecule has 0 aliphatic carbocycles. The van der Waals surface area contributed by atoms with E-state index in [2.05, 4.69) is 29.4 Å². The largest absolute Gasteiger partial charge is 0.368 e. The highest BCUT2D eigenvalue weighted by Crippen LogP contribution is 2.33. The maximum atomic E-state index is 6.16. The van der Waals surface area contributed by atoms with Crippen LogP contribution in [-0.4, -0.2) is 16.7 Å². The minimum absolute atomic E-state index is 0.540. The maximum Gasteiger partial charge on any atom is 0.148 e. The van der Waals surface area contributed by atoms with Crippen LogP contribution in [-0.2, 0) is 0 Å². The highest BCUT2D eigenvalue weighted by atomic mass is 35.5. The van der Waals surface area contributed by atoms with Gasteiger partial charge in [0.05, 0.1) is 15.7 Å². The van der Waals surface area contributed by atoms with Crippen molar-refractivity contribution in [2.75, 3.05) is 11.9 Å². The number of hydrogen-bond donors (Lipinski definition) is 2. The van der Waals surface area contributed by atoms with E-state index >= 15 is 0 Å². The zero-order valence-corrected chi connectivity index (χ0v) is 11.8. The Morgan fingerprint density at radius 1 is 1.33 bits per heavy atom. The lowest BCUT2D eigenvalue weighted by atomic mass is 10.1. The predicted molar refractivity (Wildman–Crippen MR) is 77.4 cm³/mol. The van der Waals surface area contributed by atoms with Crippen molar-refractivity contribution in [1.82, 2.24) is 10.2 Å². The third-order valence-electron chi connectivity index (χ3n) is 2.51. The molecule has 0 radical (unpaired) electrons. The van der Waals surface area contributed by atoms with Crippen LogP contribution < -0.4 is 5.32 Å². The minimum atomic E-state index is 0.540. The quantitative estimate of drug-likeness (QED) is 0.870. The molecule has 0 atom stereocenters. The number of hydrogen-bond acceptors (Lipinski definition) is 2. The molecular weight excluding hydrogens is 269 g/mol. The Hall–Kier alpha value is -1.19. The van der Waals surface area contributed by atoms with Crippen molar-refractivity contribution in [2.24, 2.45) is 5.92 Å². The van der Waals surface area contributed by atoms with Crippen LogP contribution in [0.2, 0.25) is 10.0 Å². The molecule has 1 aromatic carbocycles. The smallest absolute Gasteiger partial charge is 0.148 e. The van der Waals surface area contributed by atoms with E-state index in [0.29, 0.717) is 16.0 Å². The summed E-state index contributed by atoms with van der Waals surface area (Å²) in [5.41, 5.74) is 1.71. The summed E-state index contributed by atoms with van der Waals surface area (Å²) in [6.07, 6.45) is 0. The van der Waals surface area contributed by atoms with Gasteiger partial charge in [-0.3, -0.25) is 5.10 Å². The fourth-order valence-corrected chi connectivity index (χ4v) is 1.97. The van der Waals surface area contributed by atoms with E-state index in [1.807, 2.05) is 18.2 Å². The topological polar surface area (TPSA) is 40.7 Å². The molecule has 2 aromatic rings. The van der Waals surface area contributed by atoms with Crippen molar-refractivity contribution in [3.8, 4) is 11.3 Å². The Kier molecular flexibility index (Phi) is 4.15. The molecule has 0 bridgehead atoms. The lowest BCUT2D eigenvalue weighted by Gasteiger charge is -2.04. The summed E-state index contributed by atoms with van der Waals surface area (Å²) < 4.78 is 0. The molecule has 1 heterocycles. The van der Waals surface area contributed by atoms with Crippen molar-refractivity contribution >= 4 is 29.0 Å². The van der Waals surface area contributed by atoms with Gasteiger partial charge >= 0.3 is 0 Å². The molecular formula is C13H15Cl2N3. The van der Waals surface area contributed by atoms with Crippen LogP contribution in [0.3, 0.4) is 0 Å². The van der Waals surface area contributed by atoms with Gasteiger partial charge in [-0.15, -0.1) is 0 Å². The summed E-state index contributed by atoms with van der Waals surface area (Å²) in [7, 11) is 0. The first-order valence-corrected chi connectivity index (χ1v) is 6.57. The summed E-state index contributed by atoms with van der Waals surface area (Å²) >= 11 is 12.2. The van der Waals surface area contributed by atoms with Gasteiger partial charge in [0, 0.05) is 18.2 Å². The first-order chi connectivity index (χ1) is 8.58. The average molecular weight is 284 g/mol. The van der Waals surface area contributed by atoms with Gasteiger partial charge in [0.2, 0.25) is 0 Å². The molecule has 0 unspecified atom stereocenters. The zero-order valence-electron chi connectivity index (χ0n) is 10.3. The molecule has 2 N–H and O–H groups in total. The number of benzene rings is 1. The molecule has 96 valence electrons. The molecule has 0 saturated carbocycles. The number of aromatic nitrogens is 2. The third-order valence-corrected chi connectivity index (χ3v) is 3.33. The second-order valence-corrected chi connectivity index (χ2v) is 5.33. The third kappa shape index (κ3) is 2.98.